The Balaban J connectivity index is 2.31. The molecule has 0 saturated heterocycles. The molecule has 0 amide bonds. The predicted octanol–water partition coefficient (Wildman–Crippen LogP) is 2.40. The van der Waals surface area contributed by atoms with Crippen molar-refractivity contribution in [1.82, 2.24) is 9.97 Å². The predicted molar refractivity (Wildman–Crippen MR) is 99.9 cm³/mol. The molecule has 1 atom stereocenters. The number of methoxy groups -OCH3 is 1. The first-order valence-corrected chi connectivity index (χ1v) is 9.08. The molecule has 0 fully saturated rings. The highest BCUT2D eigenvalue weighted by Gasteiger charge is 2.36. The SMILES string of the molecule is COC(=O)C1=C(C)Nc2nc(SC)[nH]c(=O)c2C1c1cccc([N+](=O)[O-])c1. The van der Waals surface area contributed by atoms with Gasteiger partial charge in [0.2, 0.25) is 0 Å². The van der Waals surface area contributed by atoms with E-state index in [0.717, 1.165) is 0 Å². The number of allylic oxidation sites excluding steroid dienone is 1. The number of nitro benzene ring substituents is 1. The number of aromatic nitrogens is 2. The van der Waals surface area contributed by atoms with Crippen LogP contribution in [0.4, 0.5) is 11.5 Å². The molecule has 27 heavy (non-hydrogen) atoms. The van der Waals surface area contributed by atoms with E-state index in [1.54, 1.807) is 19.2 Å². The van der Waals surface area contributed by atoms with Crippen molar-refractivity contribution in [2.75, 3.05) is 18.7 Å². The van der Waals surface area contributed by atoms with Crippen molar-refractivity contribution >= 4 is 29.2 Å². The monoisotopic (exact) mass is 388 g/mol. The van der Waals surface area contributed by atoms with Crippen LogP contribution in [-0.2, 0) is 9.53 Å². The number of carbonyl (C=O) groups excluding carboxylic acids is 1. The lowest BCUT2D eigenvalue weighted by molar-refractivity contribution is -0.384. The van der Waals surface area contributed by atoms with Gasteiger partial charge in [0, 0.05) is 17.8 Å². The largest absolute Gasteiger partial charge is 0.466 e. The van der Waals surface area contributed by atoms with E-state index in [4.69, 9.17) is 4.74 Å². The zero-order chi connectivity index (χ0) is 19.7. The molecule has 0 spiro atoms. The summed E-state index contributed by atoms with van der Waals surface area (Å²) in [6.07, 6.45) is 1.77. The lowest BCUT2D eigenvalue weighted by atomic mass is 9.82. The van der Waals surface area contributed by atoms with Gasteiger partial charge in [0.05, 0.1) is 29.1 Å². The molecule has 140 valence electrons. The molecule has 9 nitrogen and oxygen atoms in total. The molecule has 1 aliphatic heterocycles. The number of benzene rings is 1. The number of nitrogens with one attached hydrogen (secondary N) is 2. The fourth-order valence-electron chi connectivity index (χ4n) is 3.06. The van der Waals surface area contributed by atoms with Crippen LogP contribution in [0.5, 0.6) is 0 Å². The number of rotatable bonds is 4. The minimum Gasteiger partial charge on any atom is -0.466 e. The van der Waals surface area contributed by atoms with Gasteiger partial charge in [-0.1, -0.05) is 23.9 Å². The maximum atomic E-state index is 12.8. The smallest absolute Gasteiger partial charge is 0.336 e. The lowest BCUT2D eigenvalue weighted by Crippen LogP contribution is -2.31. The summed E-state index contributed by atoms with van der Waals surface area (Å²) in [4.78, 5) is 42.9. The van der Waals surface area contributed by atoms with E-state index >= 15 is 0 Å². The third-order valence-electron chi connectivity index (χ3n) is 4.23. The van der Waals surface area contributed by atoms with Crippen LogP contribution in [0.15, 0.2) is 45.5 Å². The Morgan fingerprint density at radius 2 is 2.15 bits per heavy atom. The normalized spacial score (nSPS) is 15.7. The van der Waals surface area contributed by atoms with Gasteiger partial charge < -0.3 is 15.0 Å². The second-order valence-electron chi connectivity index (χ2n) is 5.78. The fraction of sp³-hybridized carbons (Fsp3) is 0.235. The zero-order valence-electron chi connectivity index (χ0n) is 14.7. The van der Waals surface area contributed by atoms with E-state index in [-0.39, 0.29) is 16.8 Å². The Hall–Kier alpha value is -3.14. The lowest BCUT2D eigenvalue weighted by Gasteiger charge is -2.28. The minimum absolute atomic E-state index is 0.139. The van der Waals surface area contributed by atoms with Crippen LogP contribution in [-0.4, -0.2) is 34.2 Å². The molecule has 2 heterocycles. The van der Waals surface area contributed by atoms with Crippen molar-refractivity contribution in [3.63, 3.8) is 0 Å². The summed E-state index contributed by atoms with van der Waals surface area (Å²) in [5.74, 6) is -1.17. The molecule has 10 heteroatoms. The standard InChI is InChI=1S/C17H16N4O5S/c1-8-11(16(23)26-2)12(9-5-4-6-10(7-9)21(24)25)13-14(18-8)19-17(27-3)20-15(13)22/h4-7,12H,1-3H3,(H2,18,19,20,22). The molecule has 0 bridgehead atoms. The molecule has 0 saturated carbocycles. The summed E-state index contributed by atoms with van der Waals surface area (Å²) in [7, 11) is 1.24. The molecule has 0 aliphatic carbocycles. The first kappa shape index (κ1) is 18.6. The quantitative estimate of drug-likeness (QED) is 0.269. The van der Waals surface area contributed by atoms with Crippen LogP contribution in [0.1, 0.15) is 24.0 Å². The third-order valence-corrected chi connectivity index (χ3v) is 4.81. The van der Waals surface area contributed by atoms with Crippen molar-refractivity contribution in [2.45, 2.75) is 18.0 Å². The molecule has 1 aliphatic rings. The average molecular weight is 388 g/mol. The molecular weight excluding hydrogens is 372 g/mol. The highest BCUT2D eigenvalue weighted by atomic mass is 32.2. The summed E-state index contributed by atoms with van der Waals surface area (Å²) in [5.41, 5.74) is 0.739. The average Bonchev–Trinajstić information content (AvgIpc) is 2.66. The number of fused-ring (bicyclic) bond motifs is 1. The number of aromatic amines is 1. The van der Waals surface area contributed by atoms with Gasteiger partial charge >= 0.3 is 5.97 Å². The van der Waals surface area contributed by atoms with Crippen molar-refractivity contribution < 1.29 is 14.5 Å². The maximum absolute atomic E-state index is 12.8. The van der Waals surface area contributed by atoms with Gasteiger partial charge in [-0.15, -0.1) is 0 Å². The maximum Gasteiger partial charge on any atom is 0.336 e. The molecule has 1 aromatic carbocycles. The number of thioether (sulfide) groups is 1. The molecule has 3 rings (SSSR count). The van der Waals surface area contributed by atoms with E-state index in [0.29, 0.717) is 22.2 Å². The van der Waals surface area contributed by atoms with E-state index in [2.05, 4.69) is 15.3 Å². The van der Waals surface area contributed by atoms with Crippen LogP contribution in [0.25, 0.3) is 0 Å². The first-order valence-electron chi connectivity index (χ1n) is 7.86. The van der Waals surface area contributed by atoms with E-state index in [1.807, 2.05) is 0 Å². The Bertz CT molecular complexity index is 1030. The number of ether oxygens (including phenoxy) is 1. The number of nitro groups is 1. The second kappa shape index (κ2) is 7.23. The Morgan fingerprint density at radius 1 is 1.41 bits per heavy atom. The van der Waals surface area contributed by atoms with Crippen LogP contribution in [0.2, 0.25) is 0 Å². The van der Waals surface area contributed by atoms with E-state index in [1.165, 1.54) is 37.1 Å². The Labute approximate surface area is 158 Å². The van der Waals surface area contributed by atoms with Crippen molar-refractivity contribution in [1.29, 1.82) is 0 Å². The highest BCUT2D eigenvalue weighted by molar-refractivity contribution is 7.98. The van der Waals surface area contributed by atoms with Crippen LogP contribution < -0.4 is 10.9 Å². The number of non-ortho nitro benzene ring substituents is 1. The molecule has 0 radical (unpaired) electrons. The van der Waals surface area contributed by atoms with Crippen molar-refractivity contribution in [3.8, 4) is 0 Å². The van der Waals surface area contributed by atoms with Crippen LogP contribution >= 0.6 is 11.8 Å². The van der Waals surface area contributed by atoms with Crippen LogP contribution in [0.3, 0.4) is 0 Å². The summed E-state index contributed by atoms with van der Waals surface area (Å²) >= 11 is 1.27. The number of H-pyrrole nitrogens is 1. The molecule has 1 aromatic heterocycles. The van der Waals surface area contributed by atoms with Crippen molar-refractivity contribution in [2.24, 2.45) is 0 Å². The van der Waals surface area contributed by atoms with Gasteiger partial charge in [-0.25, -0.2) is 9.78 Å². The molecule has 2 aromatic rings. The van der Waals surface area contributed by atoms with Gasteiger partial charge in [-0.2, -0.15) is 0 Å². The van der Waals surface area contributed by atoms with Gasteiger partial charge in [-0.05, 0) is 18.7 Å². The number of anilines is 1. The van der Waals surface area contributed by atoms with Gasteiger partial charge in [0.1, 0.15) is 5.82 Å². The van der Waals surface area contributed by atoms with Gasteiger partial charge in [0.15, 0.2) is 5.16 Å². The van der Waals surface area contributed by atoms with Gasteiger partial charge in [0.25, 0.3) is 11.2 Å². The van der Waals surface area contributed by atoms with Gasteiger partial charge in [-0.3, -0.25) is 14.9 Å². The molecular formula is C17H16N4O5S. The number of esters is 1. The Kier molecular flexibility index (Phi) is 5.00. The van der Waals surface area contributed by atoms with E-state index < -0.39 is 22.4 Å². The summed E-state index contributed by atoms with van der Waals surface area (Å²) in [6, 6.07) is 5.83. The number of carbonyl (C=O) groups is 1. The highest BCUT2D eigenvalue weighted by Crippen LogP contribution is 2.40. The summed E-state index contributed by atoms with van der Waals surface area (Å²) in [5, 5.41) is 14.6. The van der Waals surface area contributed by atoms with Crippen molar-refractivity contribution in [3.05, 3.63) is 67.1 Å². The first-order chi connectivity index (χ1) is 12.9. The number of hydrogen-bond donors (Lipinski definition) is 2. The van der Waals surface area contributed by atoms with Crippen LogP contribution in [0, 0.1) is 10.1 Å². The van der Waals surface area contributed by atoms with E-state index in [9.17, 15) is 19.7 Å². The fourth-order valence-corrected chi connectivity index (χ4v) is 3.44. The second-order valence-corrected chi connectivity index (χ2v) is 6.57. The molecule has 1 unspecified atom stereocenters. The number of nitrogens with zero attached hydrogens (tertiary/aromatic N) is 2. The Morgan fingerprint density at radius 3 is 2.78 bits per heavy atom. The zero-order valence-corrected chi connectivity index (χ0v) is 15.5. The molecule has 2 N–H and O–H groups in total. The third kappa shape index (κ3) is 3.31. The summed E-state index contributed by atoms with van der Waals surface area (Å²) in [6.45, 7) is 1.67. The number of hydrogen-bond acceptors (Lipinski definition) is 8. The minimum atomic E-state index is -0.847. The topological polar surface area (TPSA) is 127 Å². The summed E-state index contributed by atoms with van der Waals surface area (Å²) < 4.78 is 4.88.